The minimum Gasteiger partial charge on any atom is -0.411 e. The normalized spacial score (nSPS) is 13.4. The number of hydrogen-bond acceptors (Lipinski definition) is 5. The zero-order valence-corrected chi connectivity index (χ0v) is 19.0. The summed E-state index contributed by atoms with van der Waals surface area (Å²) < 4.78 is 1.45. The summed E-state index contributed by atoms with van der Waals surface area (Å²) in [6.45, 7) is 3.82. The Morgan fingerprint density at radius 2 is 1.73 bits per heavy atom. The third kappa shape index (κ3) is 5.96. The average Bonchev–Trinajstić information content (AvgIpc) is 2.81. The standard InChI is InChI=1S/C26H29N3O4/c1-17-6-4-5-7-22(17)23(14-24(28-33)21-12-13-25(31)29(3)16-21)19-8-10-20(11-9-19)26(32)27-15-18(2)30/h4-13,16,18,23,30,33H,14-15H2,1-3H3,(H,27,32)/b28-24+/t18-,23?/m1/s1. The monoisotopic (exact) mass is 447 g/mol. The molecule has 0 aliphatic rings. The lowest BCUT2D eigenvalue weighted by Crippen LogP contribution is -2.30. The molecule has 1 unspecified atom stereocenters. The van der Waals surface area contributed by atoms with Crippen LogP contribution >= 0.6 is 0 Å². The summed E-state index contributed by atoms with van der Waals surface area (Å²) in [4.78, 5) is 24.1. The lowest BCUT2D eigenvalue weighted by atomic mass is 9.83. The SMILES string of the molecule is Cc1ccccc1C(C/C(=N\O)c1ccc(=O)n(C)c1)c1ccc(C(=O)NC[C@@H](C)O)cc1. The molecule has 0 aliphatic carbocycles. The Labute approximate surface area is 193 Å². The number of nitrogens with zero attached hydrogens (tertiary/aromatic N) is 2. The first-order chi connectivity index (χ1) is 15.8. The fourth-order valence-corrected chi connectivity index (χ4v) is 3.77. The summed E-state index contributed by atoms with van der Waals surface area (Å²) in [7, 11) is 1.65. The molecule has 33 heavy (non-hydrogen) atoms. The maximum atomic E-state index is 12.3. The van der Waals surface area contributed by atoms with E-state index in [0.29, 0.717) is 23.3 Å². The zero-order valence-electron chi connectivity index (χ0n) is 19.0. The second-order valence-electron chi connectivity index (χ2n) is 8.21. The highest BCUT2D eigenvalue weighted by Gasteiger charge is 2.21. The Morgan fingerprint density at radius 3 is 2.33 bits per heavy atom. The molecule has 0 spiro atoms. The highest BCUT2D eigenvalue weighted by molar-refractivity contribution is 6.00. The molecule has 3 aromatic rings. The number of oxime groups is 1. The van der Waals surface area contributed by atoms with Gasteiger partial charge in [0, 0.05) is 49.3 Å². The molecule has 0 radical (unpaired) electrons. The van der Waals surface area contributed by atoms with Crippen molar-refractivity contribution in [2.24, 2.45) is 12.2 Å². The van der Waals surface area contributed by atoms with Crippen LogP contribution < -0.4 is 10.9 Å². The molecule has 3 rings (SSSR count). The highest BCUT2D eigenvalue weighted by Crippen LogP contribution is 2.32. The van der Waals surface area contributed by atoms with Crippen LogP contribution in [0.25, 0.3) is 0 Å². The minimum absolute atomic E-state index is 0.135. The molecule has 0 saturated carbocycles. The van der Waals surface area contributed by atoms with Gasteiger partial charge in [0.2, 0.25) is 5.56 Å². The molecule has 7 nitrogen and oxygen atoms in total. The topological polar surface area (TPSA) is 104 Å². The van der Waals surface area contributed by atoms with Crippen molar-refractivity contribution in [1.29, 1.82) is 0 Å². The van der Waals surface area contributed by atoms with Crippen LogP contribution in [-0.4, -0.2) is 39.1 Å². The van der Waals surface area contributed by atoms with E-state index in [2.05, 4.69) is 10.5 Å². The number of aliphatic hydroxyl groups is 1. The number of nitrogens with one attached hydrogen (secondary N) is 1. The number of pyridine rings is 1. The molecule has 0 fully saturated rings. The van der Waals surface area contributed by atoms with Crippen LogP contribution in [0.5, 0.6) is 0 Å². The first kappa shape index (κ1) is 23.9. The Morgan fingerprint density at radius 1 is 1.06 bits per heavy atom. The molecule has 0 aliphatic heterocycles. The molecule has 1 aromatic heterocycles. The van der Waals surface area contributed by atoms with E-state index in [1.807, 2.05) is 43.3 Å². The molecular formula is C26H29N3O4. The molecular weight excluding hydrogens is 418 g/mol. The zero-order chi connectivity index (χ0) is 24.0. The molecule has 0 bridgehead atoms. The van der Waals surface area contributed by atoms with E-state index >= 15 is 0 Å². The first-order valence-electron chi connectivity index (χ1n) is 10.8. The van der Waals surface area contributed by atoms with Crippen molar-refractivity contribution in [1.82, 2.24) is 9.88 Å². The van der Waals surface area contributed by atoms with Gasteiger partial charge in [-0.05, 0) is 48.7 Å². The molecule has 1 amide bonds. The number of benzene rings is 2. The van der Waals surface area contributed by atoms with Crippen molar-refractivity contribution in [3.63, 3.8) is 0 Å². The lowest BCUT2D eigenvalue weighted by Gasteiger charge is -2.21. The Hall–Kier alpha value is -3.71. The molecule has 2 atom stereocenters. The van der Waals surface area contributed by atoms with Gasteiger partial charge in [0.25, 0.3) is 5.91 Å². The Kier molecular flexibility index (Phi) is 7.79. The smallest absolute Gasteiger partial charge is 0.251 e. The molecule has 1 heterocycles. The van der Waals surface area contributed by atoms with E-state index < -0.39 is 6.10 Å². The number of aryl methyl sites for hydroxylation is 2. The number of carbonyl (C=O) groups is 1. The number of carbonyl (C=O) groups excluding carboxylic acids is 1. The summed E-state index contributed by atoms with van der Waals surface area (Å²) in [6, 6.07) is 18.4. The maximum absolute atomic E-state index is 12.3. The Bertz CT molecular complexity index is 1200. The quantitative estimate of drug-likeness (QED) is 0.280. The van der Waals surface area contributed by atoms with Crippen molar-refractivity contribution in [2.45, 2.75) is 32.3 Å². The van der Waals surface area contributed by atoms with Crippen LogP contribution in [0.1, 0.15) is 51.9 Å². The van der Waals surface area contributed by atoms with Gasteiger partial charge < -0.3 is 20.2 Å². The van der Waals surface area contributed by atoms with Crippen molar-refractivity contribution < 1.29 is 15.1 Å². The third-order valence-electron chi connectivity index (χ3n) is 5.63. The highest BCUT2D eigenvalue weighted by atomic mass is 16.4. The molecule has 172 valence electrons. The molecule has 7 heteroatoms. The molecule has 2 aromatic carbocycles. The summed E-state index contributed by atoms with van der Waals surface area (Å²) in [6.07, 6.45) is 1.43. The van der Waals surface area contributed by atoms with Gasteiger partial charge in [-0.3, -0.25) is 9.59 Å². The second kappa shape index (κ2) is 10.7. The van der Waals surface area contributed by atoms with Crippen LogP contribution in [0, 0.1) is 6.92 Å². The summed E-state index contributed by atoms with van der Waals surface area (Å²) in [5.41, 5.74) is 4.61. The number of rotatable bonds is 8. The maximum Gasteiger partial charge on any atom is 0.251 e. The fourth-order valence-electron chi connectivity index (χ4n) is 3.77. The van der Waals surface area contributed by atoms with Crippen LogP contribution in [-0.2, 0) is 7.05 Å². The average molecular weight is 448 g/mol. The van der Waals surface area contributed by atoms with Gasteiger partial charge in [-0.25, -0.2) is 0 Å². The minimum atomic E-state index is -0.618. The number of hydrogen-bond donors (Lipinski definition) is 3. The number of aromatic nitrogens is 1. The van der Waals surface area contributed by atoms with Crippen LogP contribution in [0.3, 0.4) is 0 Å². The van der Waals surface area contributed by atoms with Crippen LogP contribution in [0.15, 0.2) is 76.8 Å². The van der Waals surface area contributed by atoms with Gasteiger partial charge in [0.15, 0.2) is 0 Å². The first-order valence-corrected chi connectivity index (χ1v) is 10.8. The van der Waals surface area contributed by atoms with Crippen molar-refractivity contribution in [2.75, 3.05) is 6.54 Å². The predicted molar refractivity (Wildman–Crippen MR) is 128 cm³/mol. The third-order valence-corrected chi connectivity index (χ3v) is 5.63. The number of amides is 1. The van der Waals surface area contributed by atoms with Gasteiger partial charge in [-0.2, -0.15) is 0 Å². The van der Waals surface area contributed by atoms with Crippen molar-refractivity contribution in [3.8, 4) is 0 Å². The van der Waals surface area contributed by atoms with Gasteiger partial charge in [-0.15, -0.1) is 0 Å². The predicted octanol–water partition coefficient (Wildman–Crippen LogP) is 3.20. The molecule has 3 N–H and O–H groups in total. The fraction of sp³-hybridized carbons (Fsp3) is 0.269. The van der Waals surface area contributed by atoms with E-state index in [-0.39, 0.29) is 23.9 Å². The van der Waals surface area contributed by atoms with E-state index in [4.69, 9.17) is 0 Å². The van der Waals surface area contributed by atoms with E-state index in [1.165, 1.54) is 10.6 Å². The van der Waals surface area contributed by atoms with E-state index in [0.717, 1.165) is 16.7 Å². The van der Waals surface area contributed by atoms with Crippen LogP contribution in [0.4, 0.5) is 0 Å². The largest absolute Gasteiger partial charge is 0.411 e. The van der Waals surface area contributed by atoms with Crippen molar-refractivity contribution in [3.05, 3.63) is 105 Å². The van der Waals surface area contributed by atoms with Gasteiger partial charge in [0.1, 0.15) is 0 Å². The molecule has 0 saturated heterocycles. The summed E-state index contributed by atoms with van der Waals surface area (Å²) in [5.74, 6) is -0.387. The van der Waals surface area contributed by atoms with Gasteiger partial charge in [-0.1, -0.05) is 41.6 Å². The summed E-state index contributed by atoms with van der Waals surface area (Å²) in [5, 5.41) is 25.4. The van der Waals surface area contributed by atoms with E-state index in [9.17, 15) is 19.9 Å². The van der Waals surface area contributed by atoms with Gasteiger partial charge in [0.05, 0.1) is 11.8 Å². The number of aliphatic hydroxyl groups excluding tert-OH is 1. The second-order valence-corrected chi connectivity index (χ2v) is 8.21. The van der Waals surface area contributed by atoms with Crippen LogP contribution in [0.2, 0.25) is 0 Å². The van der Waals surface area contributed by atoms with Crippen molar-refractivity contribution >= 4 is 11.6 Å². The van der Waals surface area contributed by atoms with E-state index in [1.54, 1.807) is 38.4 Å². The summed E-state index contributed by atoms with van der Waals surface area (Å²) >= 11 is 0. The lowest BCUT2D eigenvalue weighted by molar-refractivity contribution is 0.0924. The Balaban J connectivity index is 1.95. The van der Waals surface area contributed by atoms with Gasteiger partial charge >= 0.3 is 0 Å².